The van der Waals surface area contributed by atoms with Gasteiger partial charge < -0.3 is 10.6 Å². The molecular weight excluding hydrogens is 250 g/mol. The summed E-state index contributed by atoms with van der Waals surface area (Å²) in [6, 6.07) is 12.0. The van der Waals surface area contributed by atoms with Crippen LogP contribution in [-0.4, -0.2) is 24.0 Å². The van der Waals surface area contributed by atoms with Crippen molar-refractivity contribution in [3.63, 3.8) is 0 Å². The molecule has 1 aromatic heterocycles. The second-order valence-electron chi connectivity index (χ2n) is 5.03. The molecule has 0 bridgehead atoms. The maximum atomic E-state index is 12.3. The first-order valence-electron chi connectivity index (χ1n) is 6.77. The zero-order valence-corrected chi connectivity index (χ0v) is 11.4. The zero-order chi connectivity index (χ0) is 13.9. The molecule has 1 aliphatic carbocycles. The molecule has 3 rings (SSSR count). The monoisotopic (exact) mass is 267 g/mol. The Morgan fingerprint density at radius 2 is 1.90 bits per heavy atom. The van der Waals surface area contributed by atoms with Gasteiger partial charge in [-0.25, -0.2) is 4.98 Å². The van der Waals surface area contributed by atoms with Crippen LogP contribution >= 0.6 is 0 Å². The number of benzene rings is 1. The Morgan fingerprint density at radius 1 is 1.20 bits per heavy atom. The summed E-state index contributed by atoms with van der Waals surface area (Å²) in [5, 5.41) is 6.04. The van der Waals surface area contributed by atoms with Gasteiger partial charge >= 0.3 is 0 Å². The van der Waals surface area contributed by atoms with Gasteiger partial charge in [0.15, 0.2) is 0 Å². The predicted octanol–water partition coefficient (Wildman–Crippen LogP) is 2.02. The van der Waals surface area contributed by atoms with Crippen molar-refractivity contribution >= 4 is 11.7 Å². The van der Waals surface area contributed by atoms with Gasteiger partial charge in [-0.2, -0.15) is 0 Å². The van der Waals surface area contributed by atoms with Crippen molar-refractivity contribution in [1.82, 2.24) is 10.3 Å². The third-order valence-corrected chi connectivity index (χ3v) is 3.66. The summed E-state index contributed by atoms with van der Waals surface area (Å²) in [5.74, 6) is 0.661. The van der Waals surface area contributed by atoms with Gasteiger partial charge in [-0.05, 0) is 36.1 Å². The number of carbonyl (C=O) groups excluding carboxylic acids is 1. The molecule has 4 nitrogen and oxygen atoms in total. The van der Waals surface area contributed by atoms with Gasteiger partial charge in [-0.1, -0.05) is 24.3 Å². The van der Waals surface area contributed by atoms with E-state index in [4.69, 9.17) is 0 Å². The highest BCUT2D eigenvalue weighted by molar-refractivity contribution is 5.95. The Hall–Kier alpha value is -2.36. The number of carbonyl (C=O) groups is 1. The number of hydrogen-bond donors (Lipinski definition) is 2. The molecule has 1 amide bonds. The first-order valence-corrected chi connectivity index (χ1v) is 6.77. The lowest BCUT2D eigenvalue weighted by atomic mass is 10.1. The number of pyridine rings is 1. The molecule has 2 aromatic rings. The van der Waals surface area contributed by atoms with Crippen LogP contribution in [0.2, 0.25) is 0 Å². The van der Waals surface area contributed by atoms with Crippen LogP contribution in [0.4, 0.5) is 5.82 Å². The summed E-state index contributed by atoms with van der Waals surface area (Å²) in [6.07, 6.45) is 3.46. The Labute approximate surface area is 118 Å². The Balaban J connectivity index is 1.69. The molecule has 0 saturated heterocycles. The lowest BCUT2D eigenvalue weighted by Crippen LogP contribution is -2.35. The molecule has 1 aliphatic rings. The molecule has 0 aliphatic heterocycles. The lowest BCUT2D eigenvalue weighted by molar-refractivity contribution is 0.0938. The molecule has 0 atom stereocenters. The topological polar surface area (TPSA) is 54.0 Å². The molecule has 0 fully saturated rings. The highest BCUT2D eigenvalue weighted by Crippen LogP contribution is 2.22. The van der Waals surface area contributed by atoms with Gasteiger partial charge in [-0.3, -0.25) is 4.79 Å². The fraction of sp³-hybridized carbons (Fsp3) is 0.250. The third kappa shape index (κ3) is 2.50. The van der Waals surface area contributed by atoms with E-state index >= 15 is 0 Å². The second kappa shape index (κ2) is 5.33. The largest absolute Gasteiger partial charge is 0.373 e. The van der Waals surface area contributed by atoms with E-state index in [-0.39, 0.29) is 11.9 Å². The van der Waals surface area contributed by atoms with Crippen LogP contribution in [0.3, 0.4) is 0 Å². The molecule has 4 heteroatoms. The van der Waals surface area contributed by atoms with Crippen molar-refractivity contribution in [2.24, 2.45) is 0 Å². The number of nitrogens with zero attached hydrogens (tertiary/aromatic N) is 1. The summed E-state index contributed by atoms with van der Waals surface area (Å²) in [6.45, 7) is 0. The average Bonchev–Trinajstić information content (AvgIpc) is 2.89. The van der Waals surface area contributed by atoms with Gasteiger partial charge in [0.2, 0.25) is 0 Å². The number of rotatable bonds is 3. The van der Waals surface area contributed by atoms with Crippen molar-refractivity contribution in [2.75, 3.05) is 12.4 Å². The quantitative estimate of drug-likeness (QED) is 0.894. The number of aromatic nitrogens is 1. The molecule has 20 heavy (non-hydrogen) atoms. The maximum absolute atomic E-state index is 12.3. The van der Waals surface area contributed by atoms with E-state index < -0.39 is 0 Å². The molecule has 0 saturated carbocycles. The molecular formula is C16H17N3O. The van der Waals surface area contributed by atoms with Gasteiger partial charge in [-0.15, -0.1) is 0 Å². The van der Waals surface area contributed by atoms with Crippen LogP contribution in [0.25, 0.3) is 0 Å². The molecule has 0 radical (unpaired) electrons. The fourth-order valence-corrected chi connectivity index (χ4v) is 2.64. The fourth-order valence-electron chi connectivity index (χ4n) is 2.64. The lowest BCUT2D eigenvalue weighted by Gasteiger charge is -2.12. The summed E-state index contributed by atoms with van der Waals surface area (Å²) in [4.78, 5) is 16.4. The minimum atomic E-state index is -0.0401. The average molecular weight is 267 g/mol. The maximum Gasteiger partial charge on any atom is 0.251 e. The summed E-state index contributed by atoms with van der Waals surface area (Å²) >= 11 is 0. The summed E-state index contributed by atoms with van der Waals surface area (Å²) in [5.41, 5.74) is 3.31. The molecule has 0 unspecified atom stereocenters. The number of anilines is 1. The van der Waals surface area contributed by atoms with Gasteiger partial charge in [0.05, 0.1) is 0 Å². The predicted molar refractivity (Wildman–Crippen MR) is 78.9 cm³/mol. The molecule has 0 spiro atoms. The standard InChI is InChI=1S/C16H17N3O/c1-17-15-10-13(6-7-18-15)16(20)19-14-8-11-4-2-3-5-12(11)9-14/h2-7,10,14H,8-9H2,1H3,(H,17,18)(H,19,20). The highest BCUT2D eigenvalue weighted by Gasteiger charge is 2.22. The van der Waals surface area contributed by atoms with E-state index in [1.807, 2.05) is 12.1 Å². The summed E-state index contributed by atoms with van der Waals surface area (Å²) < 4.78 is 0. The Kier molecular flexibility index (Phi) is 3.37. The molecule has 1 aromatic carbocycles. The normalized spacial score (nSPS) is 13.8. The first kappa shape index (κ1) is 12.7. The van der Waals surface area contributed by atoms with Crippen molar-refractivity contribution in [3.05, 3.63) is 59.3 Å². The van der Waals surface area contributed by atoms with Gasteiger partial charge in [0, 0.05) is 24.8 Å². The summed E-state index contributed by atoms with van der Waals surface area (Å²) in [7, 11) is 1.79. The van der Waals surface area contributed by atoms with Gasteiger partial charge in [0.25, 0.3) is 5.91 Å². The van der Waals surface area contributed by atoms with Crippen LogP contribution in [-0.2, 0) is 12.8 Å². The Morgan fingerprint density at radius 3 is 2.55 bits per heavy atom. The number of nitrogens with one attached hydrogen (secondary N) is 2. The number of amides is 1. The van der Waals surface area contributed by atoms with Crippen LogP contribution in [0.15, 0.2) is 42.6 Å². The van der Waals surface area contributed by atoms with Crippen molar-refractivity contribution < 1.29 is 4.79 Å². The molecule has 102 valence electrons. The third-order valence-electron chi connectivity index (χ3n) is 3.66. The smallest absolute Gasteiger partial charge is 0.251 e. The van der Waals surface area contributed by atoms with E-state index in [2.05, 4.69) is 27.8 Å². The van der Waals surface area contributed by atoms with Crippen molar-refractivity contribution in [2.45, 2.75) is 18.9 Å². The Bertz CT molecular complexity index is 614. The van der Waals surface area contributed by atoms with Crippen molar-refractivity contribution in [1.29, 1.82) is 0 Å². The van der Waals surface area contributed by atoms with Gasteiger partial charge in [0.1, 0.15) is 5.82 Å². The van der Waals surface area contributed by atoms with Crippen LogP contribution in [0, 0.1) is 0 Å². The van der Waals surface area contributed by atoms with Crippen molar-refractivity contribution in [3.8, 4) is 0 Å². The number of fused-ring (bicyclic) bond motifs is 1. The minimum Gasteiger partial charge on any atom is -0.373 e. The van der Waals surface area contributed by atoms with E-state index in [1.165, 1.54) is 11.1 Å². The highest BCUT2D eigenvalue weighted by atomic mass is 16.1. The van der Waals surface area contributed by atoms with Crippen LogP contribution < -0.4 is 10.6 Å². The minimum absolute atomic E-state index is 0.0401. The van der Waals surface area contributed by atoms with Crippen LogP contribution in [0.1, 0.15) is 21.5 Å². The first-order chi connectivity index (χ1) is 9.76. The second-order valence-corrected chi connectivity index (χ2v) is 5.03. The SMILES string of the molecule is CNc1cc(C(=O)NC2Cc3ccccc3C2)ccn1. The molecule has 1 heterocycles. The molecule has 2 N–H and O–H groups in total. The zero-order valence-electron chi connectivity index (χ0n) is 11.4. The number of hydrogen-bond acceptors (Lipinski definition) is 3. The van der Waals surface area contributed by atoms with Crippen LogP contribution in [0.5, 0.6) is 0 Å². The van der Waals surface area contributed by atoms with E-state index in [1.54, 1.807) is 25.4 Å². The van der Waals surface area contributed by atoms with E-state index in [0.29, 0.717) is 11.4 Å². The van der Waals surface area contributed by atoms with E-state index in [0.717, 1.165) is 12.8 Å². The van der Waals surface area contributed by atoms with E-state index in [9.17, 15) is 4.79 Å².